The molecule has 24 heavy (non-hydrogen) atoms. The van der Waals surface area contributed by atoms with Crippen molar-refractivity contribution in [3.8, 4) is 5.75 Å². The van der Waals surface area contributed by atoms with Crippen molar-refractivity contribution in [1.29, 1.82) is 0 Å². The van der Waals surface area contributed by atoms with Gasteiger partial charge in [-0.3, -0.25) is 9.69 Å². The van der Waals surface area contributed by atoms with Crippen molar-refractivity contribution in [2.75, 3.05) is 11.5 Å². The number of benzene rings is 2. The van der Waals surface area contributed by atoms with E-state index >= 15 is 0 Å². The molecule has 1 aliphatic heterocycles. The van der Waals surface area contributed by atoms with E-state index in [2.05, 4.69) is 0 Å². The minimum absolute atomic E-state index is 0.182. The second kappa shape index (κ2) is 7.15. The van der Waals surface area contributed by atoms with Gasteiger partial charge in [-0.1, -0.05) is 36.1 Å². The molecule has 122 valence electrons. The molecule has 2 aromatic carbocycles. The van der Waals surface area contributed by atoms with Crippen LogP contribution in [-0.4, -0.2) is 16.8 Å². The van der Waals surface area contributed by atoms with E-state index in [1.165, 1.54) is 28.8 Å². The fourth-order valence-electron chi connectivity index (χ4n) is 2.26. The number of nitrogens with zero attached hydrogens (tertiary/aromatic N) is 1. The van der Waals surface area contributed by atoms with Crippen LogP contribution in [0.1, 0.15) is 12.5 Å². The van der Waals surface area contributed by atoms with E-state index in [0.717, 1.165) is 11.3 Å². The first-order chi connectivity index (χ1) is 11.6. The minimum Gasteiger partial charge on any atom is -0.494 e. The van der Waals surface area contributed by atoms with E-state index in [0.29, 0.717) is 21.5 Å². The summed E-state index contributed by atoms with van der Waals surface area (Å²) >= 11 is 6.57. The third-order valence-electron chi connectivity index (χ3n) is 3.37. The van der Waals surface area contributed by atoms with Gasteiger partial charge in [-0.05, 0) is 55.0 Å². The van der Waals surface area contributed by atoms with E-state index in [1.807, 2.05) is 6.92 Å². The number of hydrogen-bond acceptors (Lipinski definition) is 4. The molecule has 3 rings (SSSR count). The molecule has 1 fully saturated rings. The lowest BCUT2D eigenvalue weighted by Gasteiger charge is -2.15. The highest BCUT2D eigenvalue weighted by Gasteiger charge is 2.33. The van der Waals surface area contributed by atoms with Gasteiger partial charge in [0.2, 0.25) is 0 Å². The second-order valence-electron chi connectivity index (χ2n) is 5.00. The highest BCUT2D eigenvalue weighted by molar-refractivity contribution is 8.27. The molecule has 0 unspecified atom stereocenters. The Hall–Kier alpha value is -2.18. The number of anilines is 1. The summed E-state index contributed by atoms with van der Waals surface area (Å²) < 4.78 is 18.9. The van der Waals surface area contributed by atoms with Gasteiger partial charge < -0.3 is 4.74 Å². The van der Waals surface area contributed by atoms with E-state index in [4.69, 9.17) is 17.0 Å². The van der Waals surface area contributed by atoms with Gasteiger partial charge in [0, 0.05) is 0 Å². The Morgan fingerprint density at radius 3 is 2.46 bits per heavy atom. The molecule has 0 bridgehead atoms. The smallest absolute Gasteiger partial charge is 0.270 e. The summed E-state index contributed by atoms with van der Waals surface area (Å²) in [6.45, 7) is 2.50. The van der Waals surface area contributed by atoms with E-state index in [1.54, 1.807) is 42.5 Å². The molecule has 0 atom stereocenters. The Morgan fingerprint density at radius 1 is 1.17 bits per heavy atom. The zero-order chi connectivity index (χ0) is 17.1. The van der Waals surface area contributed by atoms with Crippen molar-refractivity contribution in [1.82, 2.24) is 0 Å². The van der Waals surface area contributed by atoms with Crippen LogP contribution in [0.4, 0.5) is 10.1 Å². The number of thioether (sulfide) groups is 1. The van der Waals surface area contributed by atoms with Gasteiger partial charge in [-0.25, -0.2) is 4.39 Å². The summed E-state index contributed by atoms with van der Waals surface area (Å²) in [5, 5.41) is 0. The second-order valence-corrected chi connectivity index (χ2v) is 6.67. The van der Waals surface area contributed by atoms with E-state index in [9.17, 15) is 9.18 Å². The van der Waals surface area contributed by atoms with Crippen molar-refractivity contribution >= 4 is 46.0 Å². The molecule has 1 saturated heterocycles. The van der Waals surface area contributed by atoms with E-state index in [-0.39, 0.29) is 11.7 Å². The van der Waals surface area contributed by atoms with Gasteiger partial charge in [0.05, 0.1) is 17.2 Å². The van der Waals surface area contributed by atoms with Crippen molar-refractivity contribution in [3.63, 3.8) is 0 Å². The highest BCUT2D eigenvalue weighted by atomic mass is 32.2. The Bertz CT molecular complexity index is 801. The molecule has 1 heterocycles. The average molecular weight is 359 g/mol. The number of carbonyl (C=O) groups is 1. The summed E-state index contributed by atoms with van der Waals surface area (Å²) in [7, 11) is 0. The van der Waals surface area contributed by atoms with Crippen molar-refractivity contribution < 1.29 is 13.9 Å². The third-order valence-corrected chi connectivity index (χ3v) is 4.67. The summed E-state index contributed by atoms with van der Waals surface area (Å²) in [5.41, 5.74) is 1.45. The number of thiocarbonyl (C=S) groups is 1. The summed E-state index contributed by atoms with van der Waals surface area (Å²) in [6, 6.07) is 13.2. The van der Waals surface area contributed by atoms with E-state index < -0.39 is 0 Å². The predicted octanol–water partition coefficient (Wildman–Crippen LogP) is 4.63. The predicted molar refractivity (Wildman–Crippen MR) is 99.7 cm³/mol. The number of halogens is 1. The number of ether oxygens (including phenoxy) is 1. The molecule has 1 aliphatic rings. The molecule has 0 aliphatic carbocycles. The Morgan fingerprint density at radius 2 is 1.83 bits per heavy atom. The van der Waals surface area contributed by atoms with Gasteiger partial charge in [-0.15, -0.1) is 0 Å². The van der Waals surface area contributed by atoms with Crippen LogP contribution < -0.4 is 9.64 Å². The summed E-state index contributed by atoms with van der Waals surface area (Å²) in [5.74, 6) is 0.251. The molecule has 1 amide bonds. The topological polar surface area (TPSA) is 29.5 Å². The van der Waals surface area contributed by atoms with Crippen LogP contribution in [0, 0.1) is 5.82 Å². The number of carbonyl (C=O) groups excluding carboxylic acids is 1. The lowest BCUT2D eigenvalue weighted by Crippen LogP contribution is -2.27. The van der Waals surface area contributed by atoms with Crippen LogP contribution >= 0.6 is 24.0 Å². The van der Waals surface area contributed by atoms with Gasteiger partial charge in [0.25, 0.3) is 5.91 Å². The lowest BCUT2D eigenvalue weighted by molar-refractivity contribution is -0.113. The number of rotatable bonds is 4. The Balaban J connectivity index is 1.84. The number of hydrogen-bond donors (Lipinski definition) is 0. The first-order valence-electron chi connectivity index (χ1n) is 7.35. The fourth-order valence-corrected chi connectivity index (χ4v) is 3.56. The molecule has 0 N–H and O–H groups in total. The average Bonchev–Trinajstić information content (AvgIpc) is 2.85. The van der Waals surface area contributed by atoms with Crippen LogP contribution in [-0.2, 0) is 4.79 Å². The molecule has 0 aromatic heterocycles. The normalized spacial score (nSPS) is 16.1. The molecule has 0 saturated carbocycles. The molecule has 3 nitrogen and oxygen atoms in total. The van der Waals surface area contributed by atoms with Crippen LogP contribution in [0.3, 0.4) is 0 Å². The largest absolute Gasteiger partial charge is 0.494 e. The van der Waals surface area contributed by atoms with Crippen LogP contribution in [0.2, 0.25) is 0 Å². The first-order valence-corrected chi connectivity index (χ1v) is 8.57. The Kier molecular flexibility index (Phi) is 4.97. The monoisotopic (exact) mass is 359 g/mol. The van der Waals surface area contributed by atoms with Crippen LogP contribution in [0.25, 0.3) is 6.08 Å². The van der Waals surface area contributed by atoms with Crippen molar-refractivity contribution in [2.24, 2.45) is 0 Å². The Labute approximate surface area is 149 Å². The van der Waals surface area contributed by atoms with Gasteiger partial charge in [-0.2, -0.15) is 0 Å². The number of amides is 1. The third kappa shape index (κ3) is 3.49. The SMILES string of the molecule is CCOc1ccc(N2C(=O)C(=Cc3ccc(F)cc3)SC2=S)cc1. The van der Waals surface area contributed by atoms with Gasteiger partial charge >= 0.3 is 0 Å². The van der Waals surface area contributed by atoms with Crippen LogP contribution in [0.5, 0.6) is 5.75 Å². The van der Waals surface area contributed by atoms with Gasteiger partial charge in [0.15, 0.2) is 4.32 Å². The molecule has 0 radical (unpaired) electrons. The highest BCUT2D eigenvalue weighted by Crippen LogP contribution is 2.36. The standard InChI is InChI=1S/C18H14FNO2S2/c1-2-22-15-9-7-14(8-10-15)20-17(21)16(24-18(20)23)11-12-3-5-13(19)6-4-12/h3-11H,2H2,1H3. The summed E-state index contributed by atoms with van der Waals surface area (Å²) in [4.78, 5) is 14.6. The molecule has 6 heteroatoms. The van der Waals surface area contributed by atoms with Crippen LogP contribution in [0.15, 0.2) is 53.4 Å². The molecule has 2 aromatic rings. The first kappa shape index (κ1) is 16.7. The van der Waals surface area contributed by atoms with Gasteiger partial charge in [0.1, 0.15) is 11.6 Å². The van der Waals surface area contributed by atoms with Crippen molar-refractivity contribution in [3.05, 3.63) is 64.8 Å². The fraction of sp³-hybridized carbons (Fsp3) is 0.111. The lowest BCUT2D eigenvalue weighted by atomic mass is 10.2. The summed E-state index contributed by atoms with van der Waals surface area (Å²) in [6.07, 6.45) is 1.72. The maximum Gasteiger partial charge on any atom is 0.270 e. The quantitative estimate of drug-likeness (QED) is 0.588. The minimum atomic E-state index is -0.311. The maximum atomic E-state index is 13.0. The van der Waals surface area contributed by atoms with Crippen molar-refractivity contribution in [2.45, 2.75) is 6.92 Å². The molecule has 0 spiro atoms. The zero-order valence-corrected chi connectivity index (χ0v) is 14.5. The molecular formula is C18H14FNO2S2. The maximum absolute atomic E-state index is 13.0. The zero-order valence-electron chi connectivity index (χ0n) is 12.9. The molecular weight excluding hydrogens is 345 g/mol.